The first-order valence-corrected chi connectivity index (χ1v) is 8.65. The normalized spacial score (nSPS) is 11.8. The zero-order valence-electron chi connectivity index (χ0n) is 12.8. The second-order valence-corrected chi connectivity index (χ2v) is 6.79. The van der Waals surface area contributed by atoms with Gasteiger partial charge in [0.1, 0.15) is 11.4 Å². The van der Waals surface area contributed by atoms with Gasteiger partial charge in [-0.25, -0.2) is 18.5 Å². The van der Waals surface area contributed by atoms with E-state index in [1.54, 1.807) is 12.3 Å². The van der Waals surface area contributed by atoms with E-state index in [1.807, 2.05) is 12.3 Å². The summed E-state index contributed by atoms with van der Waals surface area (Å²) in [7, 11) is -2.34. The molecule has 2 aromatic heterocycles. The molecule has 0 amide bonds. The molecule has 0 aliphatic rings. The number of nitrogens with one attached hydrogen (secondary N) is 1. The predicted molar refractivity (Wildman–Crippen MR) is 88.8 cm³/mol. The van der Waals surface area contributed by atoms with Crippen LogP contribution in [0.2, 0.25) is 0 Å². The summed E-state index contributed by atoms with van der Waals surface area (Å²) in [5.41, 5.74) is 3.45. The average Bonchev–Trinajstić information content (AvgIpc) is 2.95. The Morgan fingerprint density at radius 1 is 1.22 bits per heavy atom. The van der Waals surface area contributed by atoms with Crippen LogP contribution in [0.15, 0.2) is 41.6 Å². The van der Waals surface area contributed by atoms with Crippen LogP contribution in [-0.2, 0) is 16.4 Å². The number of benzene rings is 1. The monoisotopic (exact) mass is 331 g/mol. The molecule has 0 unspecified atom stereocenters. The first kappa shape index (κ1) is 15.5. The standard InChI is InChI=1S/C16H17N3O3S/c1-3-10-8-18-16-15(10)6-12(9-19-16)11-4-13(22-2)7-14(5-11)23(17,20)21/h4-9H,3H2,1-2H3,(H,18,19)(H2,17,20,21). The maximum Gasteiger partial charge on any atom is 0.238 e. The van der Waals surface area contributed by atoms with E-state index in [0.29, 0.717) is 11.3 Å². The van der Waals surface area contributed by atoms with Gasteiger partial charge in [0.05, 0.1) is 12.0 Å². The third-order valence-corrected chi connectivity index (χ3v) is 4.67. The fraction of sp³-hybridized carbons (Fsp3) is 0.188. The number of primary sulfonamides is 1. The number of H-pyrrole nitrogens is 1. The number of nitrogens with two attached hydrogens (primary N) is 1. The molecule has 0 radical (unpaired) electrons. The smallest absolute Gasteiger partial charge is 0.238 e. The molecule has 3 N–H and O–H groups in total. The fourth-order valence-corrected chi connectivity index (χ4v) is 3.10. The van der Waals surface area contributed by atoms with Crippen molar-refractivity contribution in [1.29, 1.82) is 0 Å². The molecule has 3 rings (SSSR count). The minimum Gasteiger partial charge on any atom is -0.497 e. The Kier molecular flexibility index (Phi) is 3.83. The van der Waals surface area contributed by atoms with Crippen molar-refractivity contribution in [3.8, 4) is 16.9 Å². The molecule has 0 aliphatic heterocycles. The molecule has 0 atom stereocenters. The quantitative estimate of drug-likeness (QED) is 0.767. The molecule has 0 spiro atoms. The number of ether oxygens (including phenoxy) is 1. The highest BCUT2D eigenvalue weighted by molar-refractivity contribution is 7.89. The van der Waals surface area contributed by atoms with Crippen LogP contribution in [0.4, 0.5) is 0 Å². The molecular weight excluding hydrogens is 314 g/mol. The van der Waals surface area contributed by atoms with E-state index in [1.165, 1.54) is 19.2 Å². The second-order valence-electron chi connectivity index (χ2n) is 5.23. The van der Waals surface area contributed by atoms with Crippen molar-refractivity contribution in [2.24, 2.45) is 5.14 Å². The molecule has 0 bridgehead atoms. The summed E-state index contributed by atoms with van der Waals surface area (Å²) in [6.07, 6.45) is 4.51. The Balaban J connectivity index is 2.21. The van der Waals surface area contributed by atoms with E-state index >= 15 is 0 Å². The lowest BCUT2D eigenvalue weighted by atomic mass is 10.0. The lowest BCUT2D eigenvalue weighted by Gasteiger charge is -2.08. The van der Waals surface area contributed by atoms with E-state index in [0.717, 1.165) is 28.6 Å². The molecule has 6 nitrogen and oxygen atoms in total. The van der Waals surface area contributed by atoms with Gasteiger partial charge in [-0.15, -0.1) is 0 Å². The summed E-state index contributed by atoms with van der Waals surface area (Å²) in [6, 6.07) is 6.67. The van der Waals surface area contributed by atoms with Crippen LogP contribution in [0.1, 0.15) is 12.5 Å². The van der Waals surface area contributed by atoms with Gasteiger partial charge >= 0.3 is 0 Å². The number of aryl methyl sites for hydroxylation is 1. The minimum atomic E-state index is -3.82. The number of rotatable bonds is 4. The summed E-state index contributed by atoms with van der Waals surface area (Å²) in [5, 5.41) is 6.26. The molecule has 0 aliphatic carbocycles. The van der Waals surface area contributed by atoms with Gasteiger partial charge in [-0.05, 0) is 35.7 Å². The van der Waals surface area contributed by atoms with Crippen molar-refractivity contribution < 1.29 is 13.2 Å². The summed E-state index contributed by atoms with van der Waals surface area (Å²) in [6.45, 7) is 2.07. The largest absolute Gasteiger partial charge is 0.497 e. The van der Waals surface area contributed by atoms with Crippen molar-refractivity contribution in [2.45, 2.75) is 18.2 Å². The molecule has 0 fully saturated rings. The number of pyridine rings is 1. The minimum absolute atomic E-state index is 0.0109. The molecule has 1 aromatic carbocycles. The van der Waals surface area contributed by atoms with E-state index in [-0.39, 0.29) is 4.90 Å². The van der Waals surface area contributed by atoms with Crippen molar-refractivity contribution in [2.75, 3.05) is 7.11 Å². The molecule has 3 aromatic rings. The summed E-state index contributed by atoms with van der Waals surface area (Å²) >= 11 is 0. The van der Waals surface area contributed by atoms with Crippen LogP contribution in [-0.4, -0.2) is 25.5 Å². The van der Waals surface area contributed by atoms with Crippen molar-refractivity contribution >= 4 is 21.1 Å². The van der Waals surface area contributed by atoms with Gasteiger partial charge in [-0.2, -0.15) is 0 Å². The molecule has 23 heavy (non-hydrogen) atoms. The topological polar surface area (TPSA) is 98.1 Å². The third-order valence-electron chi connectivity index (χ3n) is 3.78. The van der Waals surface area contributed by atoms with Crippen LogP contribution in [0.5, 0.6) is 5.75 Å². The van der Waals surface area contributed by atoms with Crippen LogP contribution < -0.4 is 9.88 Å². The molecule has 0 saturated heterocycles. The maximum atomic E-state index is 11.7. The SMILES string of the molecule is CCc1c[nH]c2ncc(-c3cc(OC)cc(S(N)(=O)=O)c3)cc12. The number of methoxy groups -OCH3 is 1. The number of aromatic nitrogens is 2. The number of aromatic amines is 1. The van der Waals surface area contributed by atoms with Gasteiger partial charge in [0.25, 0.3) is 0 Å². The molecular formula is C16H17N3O3S. The Bertz CT molecular complexity index is 977. The number of hydrogen-bond acceptors (Lipinski definition) is 4. The molecule has 7 heteroatoms. The number of hydrogen-bond donors (Lipinski definition) is 2. The second kappa shape index (κ2) is 5.68. The number of nitrogens with zero attached hydrogens (tertiary/aromatic N) is 1. The Morgan fingerprint density at radius 3 is 2.65 bits per heavy atom. The first-order chi connectivity index (χ1) is 10.9. The highest BCUT2D eigenvalue weighted by atomic mass is 32.2. The highest BCUT2D eigenvalue weighted by Gasteiger charge is 2.13. The van der Waals surface area contributed by atoms with Crippen LogP contribution >= 0.6 is 0 Å². The van der Waals surface area contributed by atoms with Crippen molar-refractivity contribution in [1.82, 2.24) is 9.97 Å². The van der Waals surface area contributed by atoms with Gasteiger partial charge < -0.3 is 9.72 Å². The van der Waals surface area contributed by atoms with Crippen molar-refractivity contribution in [3.05, 3.63) is 42.2 Å². The highest BCUT2D eigenvalue weighted by Crippen LogP contribution is 2.30. The van der Waals surface area contributed by atoms with Crippen molar-refractivity contribution in [3.63, 3.8) is 0 Å². The molecule has 0 saturated carbocycles. The average molecular weight is 331 g/mol. The fourth-order valence-electron chi connectivity index (χ4n) is 2.53. The first-order valence-electron chi connectivity index (χ1n) is 7.10. The maximum absolute atomic E-state index is 11.7. The molecule has 2 heterocycles. The van der Waals surface area contributed by atoms with Gasteiger partial charge in [-0.3, -0.25) is 0 Å². The van der Waals surface area contributed by atoms with E-state index in [9.17, 15) is 8.42 Å². The summed E-state index contributed by atoms with van der Waals surface area (Å²) < 4.78 is 28.5. The van der Waals surface area contributed by atoms with Crippen LogP contribution in [0.3, 0.4) is 0 Å². The summed E-state index contributed by atoms with van der Waals surface area (Å²) in [5.74, 6) is 0.427. The summed E-state index contributed by atoms with van der Waals surface area (Å²) in [4.78, 5) is 7.53. The van der Waals surface area contributed by atoms with Gasteiger partial charge in [0.15, 0.2) is 0 Å². The van der Waals surface area contributed by atoms with Gasteiger partial charge in [0.2, 0.25) is 10.0 Å². The number of sulfonamides is 1. The van der Waals surface area contributed by atoms with E-state index in [4.69, 9.17) is 9.88 Å². The lowest BCUT2D eigenvalue weighted by molar-refractivity contribution is 0.413. The number of fused-ring (bicyclic) bond motifs is 1. The van der Waals surface area contributed by atoms with E-state index < -0.39 is 10.0 Å². The Hall–Kier alpha value is -2.38. The Labute approximate surface area is 134 Å². The predicted octanol–water partition coefficient (Wildman–Crippen LogP) is 2.45. The lowest BCUT2D eigenvalue weighted by Crippen LogP contribution is -2.12. The molecule has 120 valence electrons. The van der Waals surface area contributed by atoms with Crippen LogP contribution in [0.25, 0.3) is 22.2 Å². The third kappa shape index (κ3) is 2.93. The van der Waals surface area contributed by atoms with Gasteiger partial charge in [-0.1, -0.05) is 6.92 Å². The van der Waals surface area contributed by atoms with E-state index in [2.05, 4.69) is 16.9 Å². The van der Waals surface area contributed by atoms with Crippen LogP contribution in [0, 0.1) is 0 Å². The zero-order valence-corrected chi connectivity index (χ0v) is 13.6. The Morgan fingerprint density at radius 2 is 2.00 bits per heavy atom. The van der Waals surface area contributed by atoms with Gasteiger partial charge in [0, 0.05) is 29.4 Å². The zero-order chi connectivity index (χ0) is 16.6.